The highest BCUT2D eigenvalue weighted by molar-refractivity contribution is 5.83. The maximum Gasteiger partial charge on any atom is 0.411 e. The highest BCUT2D eigenvalue weighted by atomic mass is 16.6. The molecule has 1 aliphatic heterocycles. The van der Waals surface area contributed by atoms with Crippen LogP contribution in [0.3, 0.4) is 0 Å². The zero-order valence-electron chi connectivity index (χ0n) is 13.4. The van der Waals surface area contributed by atoms with Crippen LogP contribution in [0.1, 0.15) is 44.2 Å². The van der Waals surface area contributed by atoms with Crippen LogP contribution in [-0.4, -0.2) is 51.1 Å². The van der Waals surface area contributed by atoms with Crippen molar-refractivity contribution in [1.29, 1.82) is 0 Å². The van der Waals surface area contributed by atoms with E-state index in [-0.39, 0.29) is 6.54 Å². The Labute approximate surface area is 128 Å². The van der Waals surface area contributed by atoms with E-state index in [1.54, 1.807) is 27.8 Å². The second kappa shape index (κ2) is 5.60. The number of fused-ring (bicyclic) bond motifs is 1. The molecule has 2 rings (SSSR count). The van der Waals surface area contributed by atoms with Gasteiger partial charge in [0.1, 0.15) is 11.7 Å². The summed E-state index contributed by atoms with van der Waals surface area (Å²) in [5.74, 6) is -0.609. The Kier molecular flexibility index (Phi) is 4.15. The quantitative estimate of drug-likeness (QED) is 0.775. The van der Waals surface area contributed by atoms with E-state index in [2.05, 4.69) is 5.10 Å². The van der Waals surface area contributed by atoms with Crippen LogP contribution in [0.25, 0.3) is 0 Å². The SMILES string of the molecule is COC(=O)[C@@H]1c2c(cnn2C)C(O)CN1C(=O)OC(C)(C)C. The number of carbonyl (C=O) groups excluding carboxylic acids is 2. The fourth-order valence-electron chi connectivity index (χ4n) is 2.44. The van der Waals surface area contributed by atoms with E-state index in [4.69, 9.17) is 9.47 Å². The third-order valence-electron chi connectivity index (χ3n) is 3.37. The summed E-state index contributed by atoms with van der Waals surface area (Å²) < 4.78 is 11.6. The summed E-state index contributed by atoms with van der Waals surface area (Å²) in [5.41, 5.74) is 0.226. The first-order chi connectivity index (χ1) is 10.2. The Morgan fingerprint density at radius 1 is 1.41 bits per heavy atom. The van der Waals surface area contributed by atoms with Crippen molar-refractivity contribution in [3.8, 4) is 0 Å². The molecule has 0 fully saturated rings. The van der Waals surface area contributed by atoms with Gasteiger partial charge < -0.3 is 14.6 Å². The minimum absolute atomic E-state index is 0.0621. The molecule has 0 aliphatic carbocycles. The van der Waals surface area contributed by atoms with Gasteiger partial charge in [-0.15, -0.1) is 0 Å². The van der Waals surface area contributed by atoms with Gasteiger partial charge >= 0.3 is 12.1 Å². The molecule has 8 heteroatoms. The van der Waals surface area contributed by atoms with Crippen LogP contribution in [0, 0.1) is 0 Å². The van der Waals surface area contributed by atoms with Crippen LogP contribution < -0.4 is 0 Å². The number of ether oxygens (including phenoxy) is 2. The lowest BCUT2D eigenvalue weighted by atomic mass is 9.98. The Bertz CT molecular complexity index is 590. The summed E-state index contributed by atoms with van der Waals surface area (Å²) in [6.45, 7) is 5.13. The van der Waals surface area contributed by atoms with E-state index >= 15 is 0 Å². The topological polar surface area (TPSA) is 93.9 Å². The average Bonchev–Trinajstić information content (AvgIpc) is 2.79. The van der Waals surface area contributed by atoms with Crippen LogP contribution >= 0.6 is 0 Å². The smallest absolute Gasteiger partial charge is 0.411 e. The predicted molar refractivity (Wildman–Crippen MR) is 75.9 cm³/mol. The second-order valence-electron chi connectivity index (χ2n) is 6.18. The molecular weight excluding hydrogens is 290 g/mol. The Morgan fingerprint density at radius 2 is 2.05 bits per heavy atom. The maximum atomic E-state index is 12.4. The molecule has 1 aliphatic rings. The van der Waals surface area contributed by atoms with E-state index in [1.165, 1.54) is 22.9 Å². The molecule has 1 unspecified atom stereocenters. The van der Waals surface area contributed by atoms with E-state index in [1.807, 2.05) is 0 Å². The standard InChI is InChI=1S/C14H21N3O5/c1-14(2,3)22-13(20)17-7-9(18)8-6-15-16(4)10(8)11(17)12(19)21-5/h6,9,11,18H,7H2,1-5H3/t9?,11-/m0/s1. The van der Waals surface area contributed by atoms with Gasteiger partial charge in [-0.1, -0.05) is 0 Å². The van der Waals surface area contributed by atoms with E-state index in [0.717, 1.165) is 0 Å². The van der Waals surface area contributed by atoms with Gasteiger partial charge in [-0.3, -0.25) is 9.58 Å². The number of nitrogens with zero attached hydrogens (tertiary/aromatic N) is 3. The number of hydrogen-bond donors (Lipinski definition) is 1. The van der Waals surface area contributed by atoms with Gasteiger partial charge in [-0.05, 0) is 20.8 Å². The number of methoxy groups -OCH3 is 1. The van der Waals surface area contributed by atoms with Gasteiger partial charge in [-0.2, -0.15) is 5.10 Å². The number of β-amino-alcohol motifs (C(OH)–C–C–N with tert-alkyl or cyclic N) is 1. The Hall–Kier alpha value is -2.09. The number of carbonyl (C=O) groups is 2. The lowest BCUT2D eigenvalue weighted by Crippen LogP contribution is -2.48. The van der Waals surface area contributed by atoms with Gasteiger partial charge in [0.05, 0.1) is 25.5 Å². The predicted octanol–water partition coefficient (Wildman–Crippen LogP) is 0.918. The van der Waals surface area contributed by atoms with Crippen molar-refractivity contribution in [1.82, 2.24) is 14.7 Å². The highest BCUT2D eigenvalue weighted by Crippen LogP contribution is 2.36. The summed E-state index contributed by atoms with van der Waals surface area (Å²) in [7, 11) is 2.89. The van der Waals surface area contributed by atoms with Crippen LogP contribution in [0.4, 0.5) is 4.79 Å². The number of aromatic nitrogens is 2. The van der Waals surface area contributed by atoms with Crippen LogP contribution in [-0.2, 0) is 21.3 Å². The Balaban J connectivity index is 2.43. The number of aryl methyl sites for hydroxylation is 1. The van der Waals surface area contributed by atoms with Gasteiger partial charge in [0.2, 0.25) is 0 Å². The van der Waals surface area contributed by atoms with Gasteiger partial charge in [0.25, 0.3) is 0 Å². The number of amides is 1. The fraction of sp³-hybridized carbons (Fsp3) is 0.643. The van der Waals surface area contributed by atoms with Gasteiger partial charge in [0, 0.05) is 12.6 Å². The van der Waals surface area contributed by atoms with Crippen LogP contribution in [0.2, 0.25) is 0 Å². The summed E-state index contributed by atoms with van der Waals surface area (Å²) in [6, 6.07) is -0.995. The van der Waals surface area contributed by atoms with Crippen molar-refractivity contribution in [2.24, 2.45) is 7.05 Å². The molecule has 1 aromatic rings. The second-order valence-corrected chi connectivity index (χ2v) is 6.18. The third-order valence-corrected chi connectivity index (χ3v) is 3.37. The zero-order valence-corrected chi connectivity index (χ0v) is 13.4. The normalized spacial score (nSPS) is 21.3. The highest BCUT2D eigenvalue weighted by Gasteiger charge is 2.44. The number of hydrogen-bond acceptors (Lipinski definition) is 6. The molecule has 2 atom stereocenters. The summed E-state index contributed by atoms with van der Waals surface area (Å²) in [4.78, 5) is 25.7. The number of aliphatic hydroxyl groups excluding tert-OH is 1. The van der Waals surface area contributed by atoms with E-state index in [9.17, 15) is 14.7 Å². The van der Waals surface area contributed by atoms with Crippen molar-refractivity contribution in [3.63, 3.8) is 0 Å². The summed E-state index contributed by atoms with van der Waals surface area (Å²) in [6.07, 6.45) is -0.131. The van der Waals surface area contributed by atoms with Crippen molar-refractivity contribution in [3.05, 3.63) is 17.5 Å². The molecule has 8 nitrogen and oxygen atoms in total. The fourth-order valence-corrected chi connectivity index (χ4v) is 2.44. The molecule has 0 bridgehead atoms. The van der Waals surface area contributed by atoms with Crippen molar-refractivity contribution >= 4 is 12.1 Å². The lowest BCUT2D eigenvalue weighted by molar-refractivity contribution is -0.148. The Morgan fingerprint density at radius 3 is 2.59 bits per heavy atom. The molecule has 0 saturated heterocycles. The molecule has 122 valence electrons. The monoisotopic (exact) mass is 311 g/mol. The molecule has 1 N–H and O–H groups in total. The molecule has 0 radical (unpaired) electrons. The number of esters is 1. The van der Waals surface area contributed by atoms with Crippen LogP contribution in [0.5, 0.6) is 0 Å². The van der Waals surface area contributed by atoms with Crippen molar-refractivity contribution < 1.29 is 24.2 Å². The largest absolute Gasteiger partial charge is 0.467 e. The summed E-state index contributed by atoms with van der Waals surface area (Å²) in [5, 5.41) is 14.3. The third kappa shape index (κ3) is 2.92. The molecule has 22 heavy (non-hydrogen) atoms. The van der Waals surface area contributed by atoms with E-state index in [0.29, 0.717) is 11.3 Å². The zero-order chi connectivity index (χ0) is 16.7. The molecule has 2 heterocycles. The van der Waals surface area contributed by atoms with Gasteiger partial charge in [0.15, 0.2) is 6.04 Å². The molecule has 0 spiro atoms. The maximum absolute atomic E-state index is 12.4. The average molecular weight is 311 g/mol. The van der Waals surface area contributed by atoms with Crippen molar-refractivity contribution in [2.45, 2.75) is 38.5 Å². The molecule has 0 saturated carbocycles. The molecule has 0 aromatic carbocycles. The van der Waals surface area contributed by atoms with Crippen molar-refractivity contribution in [2.75, 3.05) is 13.7 Å². The molecule has 1 aromatic heterocycles. The van der Waals surface area contributed by atoms with Crippen LogP contribution in [0.15, 0.2) is 6.20 Å². The number of rotatable bonds is 1. The number of aliphatic hydroxyl groups is 1. The van der Waals surface area contributed by atoms with Gasteiger partial charge in [-0.25, -0.2) is 9.59 Å². The first-order valence-electron chi connectivity index (χ1n) is 6.93. The minimum atomic E-state index is -0.995. The minimum Gasteiger partial charge on any atom is -0.467 e. The first-order valence-corrected chi connectivity index (χ1v) is 6.93. The molecular formula is C14H21N3O5. The first kappa shape index (κ1) is 16.3. The lowest BCUT2D eigenvalue weighted by Gasteiger charge is -2.37. The van der Waals surface area contributed by atoms with E-state index < -0.39 is 29.8 Å². The molecule has 1 amide bonds. The summed E-state index contributed by atoms with van der Waals surface area (Å²) >= 11 is 0.